The van der Waals surface area contributed by atoms with Crippen molar-refractivity contribution >= 4 is 67.5 Å². The van der Waals surface area contributed by atoms with Crippen molar-refractivity contribution in [2.75, 3.05) is 13.2 Å². The lowest BCUT2D eigenvalue weighted by atomic mass is 9.99. The molecule has 0 aliphatic rings. The molecule has 0 radical (unpaired) electrons. The fourth-order valence-electron chi connectivity index (χ4n) is 1.29. The summed E-state index contributed by atoms with van der Waals surface area (Å²) >= 11 is 4.24. The van der Waals surface area contributed by atoms with E-state index in [-0.39, 0.29) is 51.0 Å². The standard InChI is InChI=1S/C8H18O2.C6H6O3.I2.HI.H2/c1-7(5-9)3-4-8(2)6-10;7-3-5-1-2-6(4-8)9-5;1-2;;/h7-10H,3-6H2,1-2H3;1-3,8H,4H2;;2*1H. The van der Waals surface area contributed by atoms with Crippen LogP contribution >= 0.6 is 61.2 Å². The fraction of sp³-hybridized carbons (Fsp3) is 0.643. The van der Waals surface area contributed by atoms with Gasteiger partial charge in [0, 0.05) is 51.9 Å². The predicted octanol–water partition coefficient (Wildman–Crippen LogP) is 4.24. The van der Waals surface area contributed by atoms with E-state index < -0.39 is 0 Å². The van der Waals surface area contributed by atoms with E-state index in [2.05, 4.69) is 37.2 Å². The first-order valence-corrected chi connectivity index (χ1v) is 12.9. The second-order valence-corrected chi connectivity index (χ2v) is 4.73. The molecule has 1 rings (SSSR count). The number of rotatable bonds is 7. The molecule has 0 aliphatic heterocycles. The Morgan fingerprint density at radius 2 is 1.59 bits per heavy atom. The van der Waals surface area contributed by atoms with E-state index in [9.17, 15) is 4.79 Å². The number of carbonyl (C=O) groups is 1. The van der Waals surface area contributed by atoms with Crippen LogP contribution in [-0.2, 0) is 6.61 Å². The number of aldehydes is 1. The summed E-state index contributed by atoms with van der Waals surface area (Å²) in [7, 11) is 0. The lowest BCUT2D eigenvalue weighted by molar-refractivity contribution is 0.109. The normalized spacial score (nSPS) is 11.8. The average Bonchev–Trinajstić information content (AvgIpc) is 3.02. The molecule has 8 heteroatoms. The Kier molecular flexibility index (Phi) is 25.4. The molecular weight excluding hydrogens is 629 g/mol. The summed E-state index contributed by atoms with van der Waals surface area (Å²) in [6.45, 7) is 4.40. The number of furan rings is 1. The average molecular weight is 656 g/mol. The molecule has 0 aliphatic carbocycles. The highest BCUT2D eigenvalue weighted by molar-refractivity contribution is 15.0. The van der Waals surface area contributed by atoms with Crippen molar-refractivity contribution in [3.05, 3.63) is 23.7 Å². The molecule has 0 bridgehead atoms. The van der Waals surface area contributed by atoms with E-state index in [4.69, 9.17) is 19.7 Å². The molecule has 0 fully saturated rings. The van der Waals surface area contributed by atoms with Gasteiger partial charge in [-0.1, -0.05) is 13.8 Å². The summed E-state index contributed by atoms with van der Waals surface area (Å²) in [4.78, 5) is 9.96. The van der Waals surface area contributed by atoms with Crippen LogP contribution in [-0.4, -0.2) is 34.8 Å². The van der Waals surface area contributed by atoms with Crippen LogP contribution in [0, 0.1) is 11.8 Å². The van der Waals surface area contributed by atoms with Crippen molar-refractivity contribution in [3.63, 3.8) is 0 Å². The van der Waals surface area contributed by atoms with Gasteiger partial charge in [-0.15, -0.1) is 24.0 Å². The highest BCUT2D eigenvalue weighted by Crippen LogP contribution is 2.10. The summed E-state index contributed by atoms with van der Waals surface area (Å²) < 4.78 is 4.76. The molecule has 0 aromatic carbocycles. The molecule has 1 heterocycles. The van der Waals surface area contributed by atoms with Gasteiger partial charge in [-0.3, -0.25) is 4.79 Å². The summed E-state index contributed by atoms with van der Waals surface area (Å²) in [6, 6.07) is 3.07. The van der Waals surface area contributed by atoms with Crippen LogP contribution in [0.4, 0.5) is 0 Å². The highest BCUT2D eigenvalue weighted by atomic mass is 128. The van der Waals surface area contributed by atoms with Gasteiger partial charge in [0.15, 0.2) is 12.0 Å². The Balaban J connectivity index is -0.000000131. The Morgan fingerprint density at radius 1 is 1.14 bits per heavy atom. The summed E-state index contributed by atoms with van der Waals surface area (Å²) in [5.74, 6) is 1.43. The van der Waals surface area contributed by atoms with E-state index in [1.807, 2.05) is 13.8 Å². The van der Waals surface area contributed by atoms with Gasteiger partial charge in [0.1, 0.15) is 12.4 Å². The first-order chi connectivity index (χ1) is 10.1. The van der Waals surface area contributed by atoms with Crippen molar-refractivity contribution in [2.24, 2.45) is 11.8 Å². The maximum Gasteiger partial charge on any atom is 0.185 e. The topological polar surface area (TPSA) is 90.9 Å². The molecule has 3 N–H and O–H groups in total. The minimum atomic E-state index is -0.159. The second kappa shape index (κ2) is 20.1. The third-order valence-corrected chi connectivity index (χ3v) is 2.73. The molecular formula is C14H27I3O5. The fourth-order valence-corrected chi connectivity index (χ4v) is 1.29. The Morgan fingerprint density at radius 3 is 1.82 bits per heavy atom. The summed E-state index contributed by atoms with van der Waals surface area (Å²) in [5, 5.41) is 25.8. The van der Waals surface area contributed by atoms with Gasteiger partial charge in [-0.2, -0.15) is 0 Å². The van der Waals surface area contributed by atoms with E-state index in [0.717, 1.165) is 12.8 Å². The van der Waals surface area contributed by atoms with Crippen LogP contribution in [0.3, 0.4) is 0 Å². The Labute approximate surface area is 174 Å². The molecule has 0 saturated carbocycles. The van der Waals surface area contributed by atoms with Gasteiger partial charge >= 0.3 is 0 Å². The van der Waals surface area contributed by atoms with Crippen molar-refractivity contribution in [2.45, 2.75) is 33.3 Å². The highest BCUT2D eigenvalue weighted by Gasteiger charge is 2.03. The predicted molar refractivity (Wildman–Crippen MR) is 117 cm³/mol. The maximum atomic E-state index is 9.96. The SMILES string of the molecule is CC(CO)CCC(C)CO.I.II.O=Cc1ccc(CO)o1.[HH]. The quantitative estimate of drug-likeness (QED) is 0.302. The molecule has 1 aromatic rings. The van der Waals surface area contributed by atoms with Crippen LogP contribution in [0.25, 0.3) is 0 Å². The molecule has 134 valence electrons. The lowest BCUT2D eigenvalue weighted by Gasteiger charge is -2.10. The van der Waals surface area contributed by atoms with Crippen LogP contribution in [0.1, 0.15) is 44.4 Å². The first-order valence-electron chi connectivity index (χ1n) is 6.58. The summed E-state index contributed by atoms with van der Waals surface area (Å²) in [5.41, 5.74) is 0. The van der Waals surface area contributed by atoms with Crippen LogP contribution in [0.5, 0.6) is 0 Å². The molecule has 22 heavy (non-hydrogen) atoms. The zero-order valence-electron chi connectivity index (χ0n) is 12.7. The van der Waals surface area contributed by atoms with Crippen LogP contribution < -0.4 is 0 Å². The zero-order valence-corrected chi connectivity index (χ0v) is 19.4. The molecule has 0 saturated heterocycles. The molecule has 1 aromatic heterocycles. The van der Waals surface area contributed by atoms with Gasteiger partial charge < -0.3 is 19.7 Å². The Bertz CT molecular complexity index is 343. The van der Waals surface area contributed by atoms with E-state index in [1.165, 1.54) is 6.07 Å². The van der Waals surface area contributed by atoms with Crippen molar-refractivity contribution in [1.82, 2.24) is 0 Å². The summed E-state index contributed by atoms with van der Waals surface area (Å²) in [6.07, 6.45) is 2.62. The smallest absolute Gasteiger partial charge is 0.185 e. The molecule has 2 unspecified atom stereocenters. The molecule has 2 atom stereocenters. The number of carbonyl (C=O) groups excluding carboxylic acids is 1. The number of aliphatic hydroxyl groups is 3. The number of aliphatic hydroxyl groups excluding tert-OH is 3. The number of hydrogen-bond donors (Lipinski definition) is 3. The Hall–Kier alpha value is 1.02. The third kappa shape index (κ3) is 15.9. The van der Waals surface area contributed by atoms with Gasteiger partial charge in [-0.05, 0) is 36.8 Å². The van der Waals surface area contributed by atoms with Gasteiger partial charge in [0.2, 0.25) is 0 Å². The monoisotopic (exact) mass is 656 g/mol. The molecule has 5 nitrogen and oxygen atoms in total. The van der Waals surface area contributed by atoms with Crippen molar-refractivity contribution in [1.29, 1.82) is 0 Å². The molecule has 0 spiro atoms. The lowest BCUT2D eigenvalue weighted by Crippen LogP contribution is -2.06. The van der Waals surface area contributed by atoms with Crippen molar-refractivity contribution < 1.29 is 26.0 Å². The minimum absolute atomic E-state index is 0. The van der Waals surface area contributed by atoms with Crippen LogP contribution in [0.2, 0.25) is 0 Å². The third-order valence-electron chi connectivity index (χ3n) is 2.73. The van der Waals surface area contributed by atoms with Gasteiger partial charge in [-0.25, -0.2) is 0 Å². The van der Waals surface area contributed by atoms with E-state index in [0.29, 0.717) is 23.9 Å². The maximum absolute atomic E-state index is 9.96. The zero-order chi connectivity index (χ0) is 16.7. The van der Waals surface area contributed by atoms with Crippen molar-refractivity contribution in [3.8, 4) is 0 Å². The second-order valence-electron chi connectivity index (χ2n) is 4.73. The van der Waals surface area contributed by atoms with E-state index >= 15 is 0 Å². The van der Waals surface area contributed by atoms with Gasteiger partial charge in [0.25, 0.3) is 0 Å². The largest absolute Gasteiger partial charge is 0.456 e. The molecule has 0 amide bonds. The van der Waals surface area contributed by atoms with Gasteiger partial charge in [0.05, 0.1) is 0 Å². The minimum Gasteiger partial charge on any atom is -0.456 e. The number of halogens is 3. The number of hydrogen-bond acceptors (Lipinski definition) is 5. The first kappa shape index (κ1) is 27.8. The van der Waals surface area contributed by atoms with E-state index in [1.54, 1.807) is 6.07 Å². The van der Waals surface area contributed by atoms with Crippen LogP contribution in [0.15, 0.2) is 16.5 Å².